The Balaban J connectivity index is 1.37. The van der Waals surface area contributed by atoms with Crippen LogP contribution in [0.1, 0.15) is 25.7 Å². The van der Waals surface area contributed by atoms with Crippen LogP contribution in [0.2, 0.25) is 0 Å². The van der Waals surface area contributed by atoms with Gasteiger partial charge in [-0.3, -0.25) is 9.59 Å². The highest BCUT2D eigenvalue weighted by Crippen LogP contribution is 2.32. The van der Waals surface area contributed by atoms with E-state index in [-0.39, 0.29) is 23.7 Å². The van der Waals surface area contributed by atoms with Crippen molar-refractivity contribution < 1.29 is 14.3 Å². The Hall–Kier alpha value is -2.63. The first kappa shape index (κ1) is 15.9. The van der Waals surface area contributed by atoms with Gasteiger partial charge >= 0.3 is 5.97 Å². The minimum atomic E-state index is -0.250. The second kappa shape index (κ2) is 6.70. The highest BCUT2D eigenvalue weighted by Gasteiger charge is 2.37. The summed E-state index contributed by atoms with van der Waals surface area (Å²) in [4.78, 5) is 26.5. The molecule has 0 radical (unpaired) electrons. The number of nitrogens with zero attached hydrogens (tertiary/aromatic N) is 3. The summed E-state index contributed by atoms with van der Waals surface area (Å²) >= 11 is 0. The molecular weight excluding hydrogens is 318 g/mol. The Labute approximate surface area is 146 Å². The van der Waals surface area contributed by atoms with Crippen molar-refractivity contribution in [3.05, 3.63) is 42.7 Å². The van der Waals surface area contributed by atoms with Crippen molar-refractivity contribution in [2.75, 3.05) is 13.1 Å². The molecule has 0 spiro atoms. The van der Waals surface area contributed by atoms with Crippen LogP contribution in [-0.2, 0) is 9.59 Å². The zero-order chi connectivity index (χ0) is 17.2. The molecule has 0 bridgehead atoms. The highest BCUT2D eigenvalue weighted by atomic mass is 16.5. The smallest absolute Gasteiger partial charge is 0.316 e. The molecule has 1 aromatic heterocycles. The average molecular weight is 339 g/mol. The van der Waals surface area contributed by atoms with E-state index in [1.807, 2.05) is 29.3 Å². The number of likely N-dealkylation sites (tertiary alicyclic amines) is 1. The van der Waals surface area contributed by atoms with E-state index in [9.17, 15) is 9.59 Å². The minimum absolute atomic E-state index is 0.199. The summed E-state index contributed by atoms with van der Waals surface area (Å²) in [6.45, 7) is 1.25. The zero-order valence-corrected chi connectivity index (χ0v) is 14.0. The lowest BCUT2D eigenvalue weighted by molar-refractivity contribution is -0.143. The standard InChI is InChI=1S/C19H21N3O3/c23-18(14-4-5-14)21-11-1-3-15(13-21)19(24)25-17-8-6-16(7-9-17)22-12-2-10-20-22/h2,6-10,12,14-15H,1,3-5,11,13H2/t15-/m1/s1. The van der Waals surface area contributed by atoms with Crippen molar-refractivity contribution in [2.45, 2.75) is 25.7 Å². The quantitative estimate of drug-likeness (QED) is 0.634. The predicted octanol–water partition coefficient (Wildman–Crippen LogP) is 2.43. The van der Waals surface area contributed by atoms with E-state index >= 15 is 0 Å². The molecule has 130 valence electrons. The lowest BCUT2D eigenvalue weighted by Gasteiger charge is -2.31. The molecule has 2 heterocycles. The summed E-state index contributed by atoms with van der Waals surface area (Å²) < 4.78 is 7.27. The molecule has 1 saturated carbocycles. The van der Waals surface area contributed by atoms with Crippen LogP contribution < -0.4 is 4.74 Å². The number of ether oxygens (including phenoxy) is 1. The Kier molecular flexibility index (Phi) is 4.26. The number of rotatable bonds is 4. The van der Waals surface area contributed by atoms with Gasteiger partial charge in [0, 0.05) is 31.4 Å². The van der Waals surface area contributed by atoms with E-state index in [4.69, 9.17) is 4.74 Å². The Morgan fingerprint density at radius 3 is 2.56 bits per heavy atom. The highest BCUT2D eigenvalue weighted by molar-refractivity contribution is 5.82. The van der Waals surface area contributed by atoms with E-state index in [0.29, 0.717) is 12.3 Å². The lowest BCUT2D eigenvalue weighted by atomic mass is 9.98. The average Bonchev–Trinajstić information content (AvgIpc) is 3.36. The van der Waals surface area contributed by atoms with E-state index in [2.05, 4.69) is 5.10 Å². The normalized spacial score (nSPS) is 20.3. The van der Waals surface area contributed by atoms with Gasteiger partial charge in [-0.15, -0.1) is 0 Å². The molecule has 2 aliphatic rings. The molecule has 6 heteroatoms. The summed E-state index contributed by atoms with van der Waals surface area (Å²) in [6, 6.07) is 9.11. The maximum atomic E-state index is 12.5. The van der Waals surface area contributed by atoms with Gasteiger partial charge in [-0.2, -0.15) is 5.10 Å². The fourth-order valence-corrected chi connectivity index (χ4v) is 3.25. The molecule has 1 saturated heterocycles. The lowest BCUT2D eigenvalue weighted by Crippen LogP contribution is -2.44. The maximum Gasteiger partial charge on any atom is 0.316 e. The van der Waals surface area contributed by atoms with Crippen LogP contribution in [0, 0.1) is 11.8 Å². The molecule has 1 aromatic carbocycles. The number of piperidine rings is 1. The van der Waals surface area contributed by atoms with Crippen LogP contribution in [0.4, 0.5) is 0 Å². The Morgan fingerprint density at radius 2 is 1.88 bits per heavy atom. The molecule has 2 fully saturated rings. The molecule has 1 aliphatic heterocycles. The molecule has 0 unspecified atom stereocenters. The molecule has 6 nitrogen and oxygen atoms in total. The van der Waals surface area contributed by atoms with Gasteiger partial charge in [-0.05, 0) is 56.0 Å². The van der Waals surface area contributed by atoms with E-state index in [1.165, 1.54) is 0 Å². The van der Waals surface area contributed by atoms with Crippen LogP contribution in [0.3, 0.4) is 0 Å². The molecule has 0 N–H and O–H groups in total. The molecule has 25 heavy (non-hydrogen) atoms. The van der Waals surface area contributed by atoms with Gasteiger partial charge in [0.15, 0.2) is 0 Å². The zero-order valence-electron chi connectivity index (χ0n) is 14.0. The summed E-state index contributed by atoms with van der Waals surface area (Å²) in [5.41, 5.74) is 0.906. The number of aromatic nitrogens is 2. The van der Waals surface area contributed by atoms with Crippen LogP contribution in [0.25, 0.3) is 5.69 Å². The van der Waals surface area contributed by atoms with Gasteiger partial charge in [0.25, 0.3) is 0 Å². The van der Waals surface area contributed by atoms with Crippen molar-refractivity contribution in [2.24, 2.45) is 11.8 Å². The van der Waals surface area contributed by atoms with Gasteiger partial charge in [0.2, 0.25) is 5.91 Å². The van der Waals surface area contributed by atoms with Crippen LogP contribution >= 0.6 is 0 Å². The predicted molar refractivity (Wildman–Crippen MR) is 91.2 cm³/mol. The summed E-state index contributed by atoms with van der Waals surface area (Å²) in [5, 5.41) is 4.17. The number of carbonyl (C=O) groups excluding carboxylic acids is 2. The van der Waals surface area contributed by atoms with Gasteiger partial charge < -0.3 is 9.64 Å². The molecule has 1 aliphatic carbocycles. The molecule has 1 atom stereocenters. The number of carbonyl (C=O) groups is 2. The van der Waals surface area contributed by atoms with Crippen molar-refractivity contribution in [1.29, 1.82) is 0 Å². The van der Waals surface area contributed by atoms with Crippen molar-refractivity contribution >= 4 is 11.9 Å². The van der Waals surface area contributed by atoms with Crippen LogP contribution in [0.5, 0.6) is 5.75 Å². The third-order valence-corrected chi connectivity index (χ3v) is 4.82. The SMILES string of the molecule is O=C(Oc1ccc(-n2cccn2)cc1)[C@@H]1CCCN(C(=O)C2CC2)C1. The van der Waals surface area contributed by atoms with E-state index < -0.39 is 0 Å². The summed E-state index contributed by atoms with van der Waals surface area (Å²) in [5.74, 6) is 0.444. The van der Waals surface area contributed by atoms with Gasteiger partial charge in [-0.25, -0.2) is 4.68 Å². The fourth-order valence-electron chi connectivity index (χ4n) is 3.25. The summed E-state index contributed by atoms with van der Waals surface area (Å²) in [6.07, 6.45) is 7.19. The monoisotopic (exact) mass is 339 g/mol. The molecule has 1 amide bonds. The first-order chi connectivity index (χ1) is 12.2. The van der Waals surface area contributed by atoms with Crippen LogP contribution in [0.15, 0.2) is 42.7 Å². The van der Waals surface area contributed by atoms with Crippen molar-refractivity contribution in [1.82, 2.24) is 14.7 Å². The number of esters is 1. The van der Waals surface area contributed by atoms with Crippen molar-refractivity contribution in [3.8, 4) is 11.4 Å². The number of amides is 1. The molecule has 4 rings (SSSR count). The van der Waals surface area contributed by atoms with E-state index in [0.717, 1.165) is 37.9 Å². The topological polar surface area (TPSA) is 64.4 Å². The first-order valence-electron chi connectivity index (χ1n) is 8.81. The minimum Gasteiger partial charge on any atom is -0.426 e. The second-order valence-electron chi connectivity index (χ2n) is 6.76. The number of hydrogen-bond donors (Lipinski definition) is 0. The maximum absolute atomic E-state index is 12.5. The molecular formula is C19H21N3O3. The van der Waals surface area contributed by atoms with Gasteiger partial charge in [0.05, 0.1) is 11.6 Å². The second-order valence-corrected chi connectivity index (χ2v) is 6.76. The first-order valence-corrected chi connectivity index (χ1v) is 8.81. The third kappa shape index (κ3) is 3.57. The molecule has 2 aromatic rings. The van der Waals surface area contributed by atoms with Gasteiger partial charge in [-0.1, -0.05) is 0 Å². The van der Waals surface area contributed by atoms with Crippen LogP contribution in [-0.4, -0.2) is 39.6 Å². The van der Waals surface area contributed by atoms with E-state index in [1.54, 1.807) is 23.0 Å². The number of benzene rings is 1. The summed E-state index contributed by atoms with van der Waals surface area (Å²) in [7, 11) is 0. The Morgan fingerprint density at radius 1 is 1.08 bits per heavy atom. The number of hydrogen-bond acceptors (Lipinski definition) is 4. The van der Waals surface area contributed by atoms with Crippen molar-refractivity contribution in [3.63, 3.8) is 0 Å². The fraction of sp³-hybridized carbons (Fsp3) is 0.421. The van der Waals surface area contributed by atoms with Gasteiger partial charge in [0.1, 0.15) is 5.75 Å². The largest absolute Gasteiger partial charge is 0.426 e. The third-order valence-electron chi connectivity index (χ3n) is 4.82. The Bertz CT molecular complexity index is 751.